The average Bonchev–Trinajstić information content (AvgIpc) is 2.83. The third-order valence-electron chi connectivity index (χ3n) is 3.14. The van der Waals surface area contributed by atoms with Crippen LogP contribution in [0.3, 0.4) is 0 Å². The fourth-order valence-corrected chi connectivity index (χ4v) is 2.30. The maximum Gasteiger partial charge on any atom is 0.239 e. The van der Waals surface area contributed by atoms with Crippen molar-refractivity contribution in [3.63, 3.8) is 0 Å². The van der Waals surface area contributed by atoms with Gasteiger partial charge in [-0.1, -0.05) is 0 Å². The number of likely N-dealkylation sites (tertiary alicyclic amines) is 1. The SMILES string of the molecule is CC(N)C(=O)N1CCCC1C1CC1.Cl. The molecule has 0 spiro atoms. The normalized spacial score (nSPS) is 28.4. The summed E-state index contributed by atoms with van der Waals surface area (Å²) in [5.74, 6) is 0.944. The third kappa shape index (κ3) is 2.20. The van der Waals surface area contributed by atoms with Gasteiger partial charge in [0.1, 0.15) is 0 Å². The molecule has 1 saturated heterocycles. The Labute approximate surface area is 91.4 Å². The molecular formula is C10H19ClN2O. The summed E-state index contributed by atoms with van der Waals surface area (Å²) < 4.78 is 0. The van der Waals surface area contributed by atoms with E-state index in [4.69, 9.17) is 5.73 Å². The molecule has 82 valence electrons. The van der Waals surface area contributed by atoms with Gasteiger partial charge >= 0.3 is 0 Å². The predicted octanol–water partition coefficient (Wildman–Crippen LogP) is 1.16. The number of hydrogen-bond donors (Lipinski definition) is 1. The quantitative estimate of drug-likeness (QED) is 0.756. The first kappa shape index (κ1) is 11.8. The van der Waals surface area contributed by atoms with E-state index in [1.54, 1.807) is 6.92 Å². The topological polar surface area (TPSA) is 46.3 Å². The van der Waals surface area contributed by atoms with Crippen LogP contribution in [0, 0.1) is 5.92 Å². The molecule has 1 saturated carbocycles. The number of rotatable bonds is 2. The lowest BCUT2D eigenvalue weighted by atomic mass is 10.1. The highest BCUT2D eigenvalue weighted by Crippen LogP contribution is 2.40. The number of nitrogens with zero attached hydrogens (tertiary/aromatic N) is 1. The highest BCUT2D eigenvalue weighted by atomic mass is 35.5. The molecule has 2 atom stereocenters. The molecule has 1 heterocycles. The molecule has 3 nitrogen and oxygen atoms in total. The van der Waals surface area contributed by atoms with E-state index in [2.05, 4.69) is 0 Å². The van der Waals surface area contributed by atoms with Crippen molar-refractivity contribution in [2.45, 2.75) is 44.7 Å². The number of amides is 1. The molecule has 0 bridgehead atoms. The highest BCUT2D eigenvalue weighted by molar-refractivity contribution is 5.85. The van der Waals surface area contributed by atoms with Crippen LogP contribution in [0.1, 0.15) is 32.6 Å². The Morgan fingerprint density at radius 3 is 2.57 bits per heavy atom. The Bertz CT molecular complexity index is 216. The van der Waals surface area contributed by atoms with Gasteiger partial charge in [0.25, 0.3) is 0 Å². The summed E-state index contributed by atoms with van der Waals surface area (Å²) in [5.41, 5.74) is 5.61. The van der Waals surface area contributed by atoms with E-state index in [1.807, 2.05) is 4.90 Å². The van der Waals surface area contributed by atoms with E-state index in [9.17, 15) is 4.79 Å². The zero-order valence-electron chi connectivity index (χ0n) is 8.61. The van der Waals surface area contributed by atoms with Gasteiger partial charge < -0.3 is 10.6 Å². The Kier molecular flexibility index (Phi) is 3.78. The van der Waals surface area contributed by atoms with Crippen LogP contribution in [0.15, 0.2) is 0 Å². The molecule has 2 fully saturated rings. The standard InChI is InChI=1S/C10H18N2O.ClH/c1-7(11)10(13)12-6-2-3-9(12)8-4-5-8;/h7-9H,2-6,11H2,1H3;1H. The van der Waals surface area contributed by atoms with Crippen molar-refractivity contribution in [2.24, 2.45) is 11.7 Å². The number of carbonyl (C=O) groups is 1. The number of hydrogen-bond acceptors (Lipinski definition) is 2. The number of carbonyl (C=O) groups excluding carboxylic acids is 1. The van der Waals surface area contributed by atoms with Crippen LogP contribution < -0.4 is 5.73 Å². The molecule has 1 aliphatic carbocycles. The van der Waals surface area contributed by atoms with Crippen LogP contribution in [0.2, 0.25) is 0 Å². The summed E-state index contributed by atoms with van der Waals surface area (Å²) in [6, 6.07) is 0.206. The summed E-state index contributed by atoms with van der Waals surface area (Å²) >= 11 is 0. The Morgan fingerprint density at radius 2 is 2.07 bits per heavy atom. The van der Waals surface area contributed by atoms with Crippen LogP contribution in [-0.2, 0) is 4.79 Å². The summed E-state index contributed by atoms with van der Waals surface area (Å²) in [6.07, 6.45) is 4.99. The van der Waals surface area contributed by atoms with E-state index < -0.39 is 0 Å². The average molecular weight is 219 g/mol. The van der Waals surface area contributed by atoms with Crippen LogP contribution in [0.4, 0.5) is 0 Å². The summed E-state index contributed by atoms with van der Waals surface area (Å²) in [7, 11) is 0. The van der Waals surface area contributed by atoms with Crippen LogP contribution in [0.25, 0.3) is 0 Å². The third-order valence-corrected chi connectivity index (χ3v) is 3.14. The summed E-state index contributed by atoms with van der Waals surface area (Å²) in [5, 5.41) is 0. The molecule has 2 unspecified atom stereocenters. The van der Waals surface area contributed by atoms with Gasteiger partial charge in [-0.3, -0.25) is 4.79 Å². The largest absolute Gasteiger partial charge is 0.338 e. The van der Waals surface area contributed by atoms with Crippen molar-refractivity contribution in [1.29, 1.82) is 0 Å². The molecule has 2 N–H and O–H groups in total. The predicted molar refractivity (Wildman–Crippen MR) is 58.4 cm³/mol. The second kappa shape index (κ2) is 4.49. The summed E-state index contributed by atoms with van der Waals surface area (Å²) in [4.78, 5) is 13.7. The Morgan fingerprint density at radius 1 is 1.43 bits per heavy atom. The zero-order valence-corrected chi connectivity index (χ0v) is 9.43. The molecule has 0 radical (unpaired) electrons. The maximum absolute atomic E-state index is 11.7. The van der Waals surface area contributed by atoms with Crippen LogP contribution >= 0.6 is 12.4 Å². The van der Waals surface area contributed by atoms with Gasteiger partial charge in [-0.2, -0.15) is 0 Å². The highest BCUT2D eigenvalue weighted by Gasteiger charge is 2.40. The van der Waals surface area contributed by atoms with Crippen LogP contribution in [0.5, 0.6) is 0 Å². The van der Waals surface area contributed by atoms with Gasteiger partial charge in [-0.15, -0.1) is 12.4 Å². The lowest BCUT2D eigenvalue weighted by Gasteiger charge is -2.26. The van der Waals surface area contributed by atoms with E-state index in [0.29, 0.717) is 6.04 Å². The first-order valence-electron chi connectivity index (χ1n) is 5.26. The Balaban J connectivity index is 0.000000980. The van der Waals surface area contributed by atoms with E-state index in [-0.39, 0.29) is 24.4 Å². The van der Waals surface area contributed by atoms with Crippen molar-refractivity contribution in [2.75, 3.05) is 6.54 Å². The molecule has 2 aliphatic rings. The van der Waals surface area contributed by atoms with Crippen molar-refractivity contribution >= 4 is 18.3 Å². The minimum atomic E-state index is -0.320. The van der Waals surface area contributed by atoms with E-state index in [1.165, 1.54) is 25.7 Å². The second-order valence-electron chi connectivity index (χ2n) is 4.37. The van der Waals surface area contributed by atoms with Gasteiger partial charge in [0.05, 0.1) is 6.04 Å². The van der Waals surface area contributed by atoms with Gasteiger partial charge in [0.15, 0.2) is 0 Å². The van der Waals surface area contributed by atoms with E-state index in [0.717, 1.165) is 12.5 Å². The van der Waals surface area contributed by atoms with E-state index >= 15 is 0 Å². The molecule has 0 aromatic rings. The molecule has 0 aromatic carbocycles. The fourth-order valence-electron chi connectivity index (χ4n) is 2.30. The number of nitrogens with two attached hydrogens (primary N) is 1. The maximum atomic E-state index is 11.7. The van der Waals surface area contributed by atoms with Gasteiger partial charge in [0, 0.05) is 12.6 Å². The number of halogens is 1. The fraction of sp³-hybridized carbons (Fsp3) is 0.900. The molecule has 14 heavy (non-hydrogen) atoms. The molecule has 1 aliphatic heterocycles. The molecule has 4 heteroatoms. The second-order valence-corrected chi connectivity index (χ2v) is 4.37. The monoisotopic (exact) mass is 218 g/mol. The van der Waals surface area contributed by atoms with Gasteiger partial charge in [-0.05, 0) is 38.5 Å². The minimum absolute atomic E-state index is 0. The molecule has 2 rings (SSSR count). The zero-order chi connectivity index (χ0) is 9.42. The smallest absolute Gasteiger partial charge is 0.239 e. The lowest BCUT2D eigenvalue weighted by molar-refractivity contribution is -0.133. The summed E-state index contributed by atoms with van der Waals surface area (Å²) in [6.45, 7) is 2.71. The van der Waals surface area contributed by atoms with Crippen molar-refractivity contribution in [1.82, 2.24) is 4.90 Å². The first-order chi connectivity index (χ1) is 6.20. The lowest BCUT2D eigenvalue weighted by Crippen LogP contribution is -2.45. The van der Waals surface area contributed by atoms with Crippen LogP contribution in [-0.4, -0.2) is 29.4 Å². The van der Waals surface area contributed by atoms with Crippen molar-refractivity contribution < 1.29 is 4.79 Å². The minimum Gasteiger partial charge on any atom is -0.338 e. The molecule has 0 aromatic heterocycles. The van der Waals surface area contributed by atoms with Gasteiger partial charge in [-0.25, -0.2) is 0 Å². The Hall–Kier alpha value is -0.280. The first-order valence-corrected chi connectivity index (χ1v) is 5.26. The molecule has 1 amide bonds. The van der Waals surface area contributed by atoms with Crippen molar-refractivity contribution in [3.8, 4) is 0 Å². The molecular weight excluding hydrogens is 200 g/mol. The van der Waals surface area contributed by atoms with Gasteiger partial charge in [0.2, 0.25) is 5.91 Å². The van der Waals surface area contributed by atoms with Crippen molar-refractivity contribution in [3.05, 3.63) is 0 Å².